The van der Waals surface area contributed by atoms with E-state index in [9.17, 15) is 4.79 Å². The fourth-order valence-electron chi connectivity index (χ4n) is 2.89. The van der Waals surface area contributed by atoms with Gasteiger partial charge in [-0.15, -0.1) is 16.9 Å². The van der Waals surface area contributed by atoms with Gasteiger partial charge < -0.3 is 10.5 Å². The number of methoxy groups -OCH3 is 1. The molecule has 2 heterocycles. The number of carbonyl (C=O) groups is 1. The molecule has 0 aliphatic rings. The van der Waals surface area contributed by atoms with Crippen molar-refractivity contribution in [1.29, 1.82) is 0 Å². The largest absolute Gasteiger partial charge is 0.496 e. The van der Waals surface area contributed by atoms with Crippen LogP contribution in [0, 0.1) is 6.92 Å². The molecular formula is C21H20N8O3S. The van der Waals surface area contributed by atoms with E-state index < -0.39 is 5.91 Å². The summed E-state index contributed by atoms with van der Waals surface area (Å²) in [5.74, 6) is 0.634. The molecule has 4 rings (SSSR count). The van der Waals surface area contributed by atoms with Crippen molar-refractivity contribution in [3.63, 3.8) is 0 Å². The fourth-order valence-corrected chi connectivity index (χ4v) is 3.78. The summed E-state index contributed by atoms with van der Waals surface area (Å²) in [6.45, 7) is 2.02. The first-order chi connectivity index (χ1) is 16.1. The predicted octanol–water partition coefficient (Wildman–Crippen LogP) is 2.61. The summed E-state index contributed by atoms with van der Waals surface area (Å²) in [6.07, 6.45) is 1.49. The highest BCUT2D eigenvalue weighted by molar-refractivity contribution is 7.98. The Hall–Kier alpha value is -4.19. The minimum atomic E-state index is -0.540. The quantitative estimate of drug-likeness (QED) is 0.228. The second-order valence-corrected chi connectivity index (χ2v) is 7.86. The number of aryl methyl sites for hydroxylation is 1. The van der Waals surface area contributed by atoms with Gasteiger partial charge in [0.05, 0.1) is 19.0 Å². The van der Waals surface area contributed by atoms with Gasteiger partial charge in [-0.25, -0.2) is 10.1 Å². The average molecular weight is 465 g/mol. The van der Waals surface area contributed by atoms with E-state index in [4.69, 9.17) is 10.5 Å². The van der Waals surface area contributed by atoms with Crippen LogP contribution in [-0.2, 0) is 5.75 Å². The first-order valence-electron chi connectivity index (χ1n) is 9.75. The number of nitrogen functional groups attached to an aromatic ring is 1. The van der Waals surface area contributed by atoms with Crippen LogP contribution >= 0.6 is 11.8 Å². The van der Waals surface area contributed by atoms with Crippen molar-refractivity contribution in [3.05, 3.63) is 71.0 Å². The van der Waals surface area contributed by atoms with Gasteiger partial charge in [-0.1, -0.05) is 35.0 Å². The topological polar surface area (TPSA) is 146 Å². The molecule has 3 N–H and O–H groups in total. The molecule has 2 aromatic carbocycles. The van der Waals surface area contributed by atoms with Crippen molar-refractivity contribution >= 4 is 29.7 Å². The van der Waals surface area contributed by atoms with Crippen molar-refractivity contribution in [2.75, 3.05) is 12.8 Å². The van der Waals surface area contributed by atoms with Gasteiger partial charge in [0, 0.05) is 16.2 Å². The number of carbonyl (C=O) groups excluding carboxylic acids is 1. The Morgan fingerprint density at radius 1 is 1.24 bits per heavy atom. The van der Waals surface area contributed by atoms with Crippen LogP contribution in [0.15, 0.2) is 63.2 Å². The number of amides is 1. The Morgan fingerprint density at radius 3 is 2.76 bits per heavy atom. The van der Waals surface area contributed by atoms with E-state index in [0.717, 1.165) is 10.5 Å². The summed E-state index contributed by atoms with van der Waals surface area (Å²) in [6, 6.07) is 15.3. The Balaban J connectivity index is 1.58. The van der Waals surface area contributed by atoms with Crippen molar-refractivity contribution in [1.82, 2.24) is 30.7 Å². The maximum Gasteiger partial charge on any atom is 0.293 e. The second-order valence-electron chi connectivity index (χ2n) is 6.81. The Morgan fingerprint density at radius 2 is 2.03 bits per heavy atom. The number of hydrogen-bond acceptors (Lipinski definition) is 10. The molecule has 33 heavy (non-hydrogen) atoms. The second kappa shape index (κ2) is 9.96. The zero-order valence-electron chi connectivity index (χ0n) is 17.8. The van der Waals surface area contributed by atoms with Crippen LogP contribution in [0.25, 0.3) is 5.82 Å². The number of thioether (sulfide) groups is 1. The SMILES string of the molecule is COc1ccccc1C=NNC(=O)c1nnn(-c2nonc2N)c1CSc1ccc(C)cc1. The summed E-state index contributed by atoms with van der Waals surface area (Å²) in [4.78, 5) is 13.9. The maximum absolute atomic E-state index is 12.9. The van der Waals surface area contributed by atoms with E-state index in [0.29, 0.717) is 22.8 Å². The van der Waals surface area contributed by atoms with Crippen LogP contribution in [0.1, 0.15) is 27.3 Å². The van der Waals surface area contributed by atoms with Crippen LogP contribution in [0.4, 0.5) is 5.82 Å². The lowest BCUT2D eigenvalue weighted by molar-refractivity contribution is 0.0949. The molecule has 4 aromatic rings. The standard InChI is InChI=1S/C21H20N8O3S/c1-13-7-9-15(10-8-13)33-12-16-18(24-28-29(16)20-19(22)26-32-27-20)21(30)25-23-11-14-5-3-4-6-17(14)31-2/h3-11H,12H2,1-2H3,(H2,22,26)(H,25,30). The molecule has 168 valence electrons. The number of hydrogen-bond donors (Lipinski definition) is 2. The van der Waals surface area contributed by atoms with Crippen LogP contribution < -0.4 is 15.9 Å². The third-order valence-electron chi connectivity index (χ3n) is 4.58. The summed E-state index contributed by atoms with van der Waals surface area (Å²) in [7, 11) is 1.56. The smallest absolute Gasteiger partial charge is 0.293 e. The summed E-state index contributed by atoms with van der Waals surface area (Å²) in [5, 5.41) is 19.4. The average Bonchev–Trinajstić information content (AvgIpc) is 3.44. The summed E-state index contributed by atoms with van der Waals surface area (Å²) < 4.78 is 11.3. The number of aromatic nitrogens is 5. The number of rotatable bonds is 8. The molecule has 11 nitrogen and oxygen atoms in total. The minimum Gasteiger partial charge on any atom is -0.496 e. The third kappa shape index (κ3) is 5.01. The summed E-state index contributed by atoms with van der Waals surface area (Å²) in [5.41, 5.74) is 10.7. The Labute approximate surface area is 193 Å². The highest BCUT2D eigenvalue weighted by atomic mass is 32.2. The number of hydrazone groups is 1. The lowest BCUT2D eigenvalue weighted by atomic mass is 10.2. The molecule has 0 aliphatic carbocycles. The molecule has 0 bridgehead atoms. The van der Waals surface area contributed by atoms with Gasteiger partial charge in [0.25, 0.3) is 5.91 Å². The zero-order chi connectivity index (χ0) is 23.2. The first-order valence-corrected chi connectivity index (χ1v) is 10.7. The van der Waals surface area contributed by atoms with Gasteiger partial charge in [0.1, 0.15) is 5.75 Å². The molecule has 2 aromatic heterocycles. The molecule has 0 saturated heterocycles. The van der Waals surface area contributed by atoms with Crippen molar-refractivity contribution in [2.45, 2.75) is 17.6 Å². The van der Waals surface area contributed by atoms with E-state index in [1.54, 1.807) is 13.2 Å². The zero-order valence-corrected chi connectivity index (χ0v) is 18.6. The normalized spacial score (nSPS) is 11.1. The highest BCUT2D eigenvalue weighted by Crippen LogP contribution is 2.26. The van der Waals surface area contributed by atoms with Crippen molar-refractivity contribution < 1.29 is 14.2 Å². The molecule has 0 aliphatic heterocycles. The van der Waals surface area contributed by atoms with Gasteiger partial charge >= 0.3 is 0 Å². The molecule has 0 atom stereocenters. The highest BCUT2D eigenvalue weighted by Gasteiger charge is 2.24. The van der Waals surface area contributed by atoms with E-state index in [-0.39, 0.29) is 17.3 Å². The Kier molecular flexibility index (Phi) is 6.64. The van der Waals surface area contributed by atoms with Gasteiger partial charge in [-0.2, -0.15) is 9.78 Å². The van der Waals surface area contributed by atoms with Crippen LogP contribution in [0.3, 0.4) is 0 Å². The lowest BCUT2D eigenvalue weighted by Gasteiger charge is -2.06. The molecular weight excluding hydrogens is 444 g/mol. The first kappa shape index (κ1) is 22.0. The lowest BCUT2D eigenvalue weighted by Crippen LogP contribution is -2.20. The fraction of sp³-hybridized carbons (Fsp3) is 0.143. The molecule has 12 heteroatoms. The van der Waals surface area contributed by atoms with Crippen molar-refractivity contribution in [2.24, 2.45) is 5.10 Å². The molecule has 0 radical (unpaired) electrons. The van der Waals surface area contributed by atoms with Gasteiger partial charge in [0.2, 0.25) is 11.6 Å². The molecule has 0 saturated carbocycles. The number of ether oxygens (including phenoxy) is 1. The Bertz CT molecular complexity index is 1280. The van der Waals surface area contributed by atoms with Crippen LogP contribution in [0.2, 0.25) is 0 Å². The molecule has 0 unspecified atom stereocenters. The van der Waals surface area contributed by atoms with E-state index in [1.807, 2.05) is 49.4 Å². The number of nitrogens with one attached hydrogen (secondary N) is 1. The van der Waals surface area contributed by atoms with Crippen LogP contribution in [-0.4, -0.2) is 44.5 Å². The van der Waals surface area contributed by atoms with Gasteiger partial charge in [-0.05, 0) is 41.5 Å². The number of para-hydroxylation sites is 1. The van der Waals surface area contributed by atoms with Crippen molar-refractivity contribution in [3.8, 4) is 11.6 Å². The van der Waals surface area contributed by atoms with Gasteiger partial charge in [0.15, 0.2) is 5.69 Å². The number of benzene rings is 2. The maximum atomic E-state index is 12.9. The monoisotopic (exact) mass is 464 g/mol. The summed E-state index contributed by atoms with van der Waals surface area (Å²) >= 11 is 1.51. The number of nitrogens with two attached hydrogens (primary N) is 1. The number of anilines is 1. The number of nitrogens with zero attached hydrogens (tertiary/aromatic N) is 6. The van der Waals surface area contributed by atoms with Crippen LogP contribution in [0.5, 0.6) is 5.75 Å². The third-order valence-corrected chi connectivity index (χ3v) is 5.60. The van der Waals surface area contributed by atoms with E-state index >= 15 is 0 Å². The molecule has 0 spiro atoms. The van der Waals surface area contributed by atoms with E-state index in [1.165, 1.54) is 22.7 Å². The van der Waals surface area contributed by atoms with Gasteiger partial charge in [-0.3, -0.25) is 4.79 Å². The minimum absolute atomic E-state index is 0.0302. The predicted molar refractivity (Wildman–Crippen MR) is 122 cm³/mol. The van der Waals surface area contributed by atoms with E-state index in [2.05, 4.69) is 35.8 Å². The molecule has 1 amide bonds. The molecule has 0 fully saturated rings.